The van der Waals surface area contributed by atoms with Crippen LogP contribution < -0.4 is 0 Å². The molecular formula is C9H6ClN5. The fourth-order valence-corrected chi connectivity index (χ4v) is 1.07. The van der Waals surface area contributed by atoms with Crippen molar-refractivity contribution in [1.82, 2.24) is 4.98 Å². The molecule has 74 valence electrons. The second-order valence-electron chi connectivity index (χ2n) is 2.53. The molecule has 0 spiro atoms. The molecule has 1 rings (SSSR count). The monoisotopic (exact) mass is 219 g/mol. The molecule has 0 aliphatic heterocycles. The molecule has 0 bridgehead atoms. The molecule has 0 aliphatic carbocycles. The summed E-state index contributed by atoms with van der Waals surface area (Å²) in [5.74, 6) is 0. The molecule has 0 atom stereocenters. The fraction of sp³-hybridized carbons (Fsp3) is 0.111. The van der Waals surface area contributed by atoms with Gasteiger partial charge in [0, 0.05) is 23.2 Å². The number of nitriles is 1. The molecule has 5 nitrogen and oxygen atoms in total. The minimum absolute atomic E-state index is 0.240. The largest absolute Gasteiger partial charge is 0.243 e. The smallest absolute Gasteiger partial charge is 0.136 e. The van der Waals surface area contributed by atoms with Crippen molar-refractivity contribution in [3.63, 3.8) is 0 Å². The quantitative estimate of drug-likeness (QED) is 0.339. The molecule has 0 unspecified atom stereocenters. The highest BCUT2D eigenvalue weighted by Crippen LogP contribution is 2.15. The number of hydrogen-bond acceptors (Lipinski definition) is 3. The third kappa shape index (κ3) is 3.31. The Morgan fingerprint density at radius 1 is 1.73 bits per heavy atom. The van der Waals surface area contributed by atoms with Gasteiger partial charge in [0.05, 0.1) is 5.56 Å². The topological polar surface area (TPSA) is 85.4 Å². The van der Waals surface area contributed by atoms with Gasteiger partial charge in [-0.1, -0.05) is 28.9 Å². The summed E-state index contributed by atoms with van der Waals surface area (Å²) < 4.78 is 0. The van der Waals surface area contributed by atoms with E-state index < -0.39 is 0 Å². The van der Waals surface area contributed by atoms with E-state index in [-0.39, 0.29) is 6.54 Å². The molecule has 0 N–H and O–H groups in total. The van der Waals surface area contributed by atoms with Gasteiger partial charge < -0.3 is 0 Å². The predicted octanol–water partition coefficient (Wildman–Crippen LogP) is 2.93. The SMILES string of the molecule is N#Cc1cnc(Cl)c(C=CCN=[N+]=[N-])c1. The summed E-state index contributed by atoms with van der Waals surface area (Å²) in [6, 6.07) is 3.57. The minimum atomic E-state index is 0.240. The lowest BCUT2D eigenvalue weighted by molar-refractivity contribution is 1.22. The Morgan fingerprint density at radius 2 is 2.53 bits per heavy atom. The second kappa shape index (κ2) is 5.66. The first-order chi connectivity index (χ1) is 7.27. The van der Waals surface area contributed by atoms with Crippen LogP contribution in [-0.2, 0) is 0 Å². The van der Waals surface area contributed by atoms with Crippen molar-refractivity contribution in [2.45, 2.75) is 0 Å². The van der Waals surface area contributed by atoms with E-state index in [1.807, 2.05) is 6.07 Å². The minimum Gasteiger partial charge on any atom is -0.243 e. The lowest BCUT2D eigenvalue weighted by atomic mass is 10.2. The average Bonchev–Trinajstić information content (AvgIpc) is 2.26. The molecule has 0 saturated heterocycles. The summed E-state index contributed by atoms with van der Waals surface area (Å²) in [6.07, 6.45) is 4.70. The Morgan fingerprint density at radius 3 is 3.20 bits per heavy atom. The molecule has 0 amide bonds. The van der Waals surface area contributed by atoms with E-state index in [0.29, 0.717) is 16.3 Å². The lowest BCUT2D eigenvalue weighted by Crippen LogP contribution is -1.84. The van der Waals surface area contributed by atoms with Crippen molar-refractivity contribution in [1.29, 1.82) is 5.26 Å². The summed E-state index contributed by atoms with van der Waals surface area (Å²) in [5.41, 5.74) is 9.10. The number of rotatable bonds is 3. The van der Waals surface area contributed by atoms with Crippen LogP contribution in [0.15, 0.2) is 23.5 Å². The van der Waals surface area contributed by atoms with E-state index in [2.05, 4.69) is 15.0 Å². The van der Waals surface area contributed by atoms with Gasteiger partial charge in [-0.2, -0.15) is 5.26 Å². The van der Waals surface area contributed by atoms with E-state index in [0.717, 1.165) is 0 Å². The highest BCUT2D eigenvalue weighted by molar-refractivity contribution is 6.30. The number of aromatic nitrogens is 1. The van der Waals surface area contributed by atoms with E-state index in [9.17, 15) is 0 Å². The Balaban J connectivity index is 2.89. The van der Waals surface area contributed by atoms with Gasteiger partial charge in [-0.05, 0) is 11.6 Å². The Hall–Kier alpha value is -2.02. The maximum atomic E-state index is 8.64. The van der Waals surface area contributed by atoms with Gasteiger partial charge in [0.1, 0.15) is 11.2 Å². The van der Waals surface area contributed by atoms with E-state index >= 15 is 0 Å². The molecule has 1 aromatic heterocycles. The first-order valence-electron chi connectivity index (χ1n) is 4.01. The summed E-state index contributed by atoms with van der Waals surface area (Å²) >= 11 is 5.79. The maximum Gasteiger partial charge on any atom is 0.136 e. The van der Waals surface area contributed by atoms with Gasteiger partial charge in [-0.3, -0.25) is 0 Å². The number of pyridine rings is 1. The molecule has 0 saturated carbocycles. The number of halogens is 1. The van der Waals surface area contributed by atoms with Crippen LogP contribution in [-0.4, -0.2) is 11.5 Å². The summed E-state index contributed by atoms with van der Waals surface area (Å²) in [7, 11) is 0. The van der Waals surface area contributed by atoms with Crippen molar-refractivity contribution in [2.24, 2.45) is 5.11 Å². The molecule has 0 fully saturated rings. The van der Waals surface area contributed by atoms with Crippen LogP contribution in [0.25, 0.3) is 16.5 Å². The molecule has 6 heteroatoms. The standard InChI is InChI=1S/C9H6ClN5/c10-9-8(2-1-3-14-15-12)4-7(5-11)6-13-9/h1-2,4,6H,3H2. The van der Waals surface area contributed by atoms with Gasteiger partial charge in [0.2, 0.25) is 0 Å². The van der Waals surface area contributed by atoms with Gasteiger partial charge in [-0.25, -0.2) is 4.98 Å². The van der Waals surface area contributed by atoms with E-state index in [1.54, 1.807) is 18.2 Å². The third-order valence-corrected chi connectivity index (χ3v) is 1.86. The van der Waals surface area contributed by atoms with Crippen LogP contribution in [0, 0.1) is 11.3 Å². The Kier molecular flexibility index (Phi) is 4.17. The average molecular weight is 220 g/mol. The zero-order valence-corrected chi connectivity index (χ0v) is 8.39. The lowest BCUT2D eigenvalue weighted by Gasteiger charge is -1.96. The van der Waals surface area contributed by atoms with Gasteiger partial charge >= 0.3 is 0 Å². The highest BCUT2D eigenvalue weighted by Gasteiger charge is 1.99. The zero-order valence-electron chi connectivity index (χ0n) is 7.63. The van der Waals surface area contributed by atoms with Crippen LogP contribution in [0.5, 0.6) is 0 Å². The molecule has 1 aromatic rings. The molecule has 0 aromatic carbocycles. The first-order valence-corrected chi connectivity index (χ1v) is 4.38. The van der Waals surface area contributed by atoms with Crippen LogP contribution in [0.3, 0.4) is 0 Å². The summed E-state index contributed by atoms with van der Waals surface area (Å²) in [6.45, 7) is 0.240. The van der Waals surface area contributed by atoms with Crippen molar-refractivity contribution in [3.05, 3.63) is 45.1 Å². The van der Waals surface area contributed by atoms with Crippen molar-refractivity contribution in [3.8, 4) is 6.07 Å². The number of nitrogens with zero attached hydrogens (tertiary/aromatic N) is 5. The van der Waals surface area contributed by atoms with Gasteiger partial charge in [0.15, 0.2) is 0 Å². The number of azide groups is 1. The predicted molar refractivity (Wildman–Crippen MR) is 57.0 cm³/mol. The molecule has 0 radical (unpaired) electrons. The summed E-state index contributed by atoms with van der Waals surface area (Å²) in [5, 5.41) is 12.3. The van der Waals surface area contributed by atoms with E-state index in [1.165, 1.54) is 6.20 Å². The highest BCUT2D eigenvalue weighted by atomic mass is 35.5. The first kappa shape index (κ1) is 11.1. The van der Waals surface area contributed by atoms with Crippen LogP contribution >= 0.6 is 11.6 Å². The number of hydrogen-bond donors (Lipinski definition) is 0. The second-order valence-corrected chi connectivity index (χ2v) is 2.89. The normalized spacial score (nSPS) is 9.60. The Bertz CT molecular complexity index is 468. The van der Waals surface area contributed by atoms with Crippen LogP contribution in [0.1, 0.15) is 11.1 Å². The molecule has 0 aliphatic rings. The maximum absolute atomic E-state index is 8.64. The molecule has 15 heavy (non-hydrogen) atoms. The van der Waals surface area contributed by atoms with Crippen LogP contribution in [0.2, 0.25) is 5.15 Å². The zero-order chi connectivity index (χ0) is 11.1. The van der Waals surface area contributed by atoms with Crippen molar-refractivity contribution >= 4 is 17.7 Å². The third-order valence-electron chi connectivity index (χ3n) is 1.54. The van der Waals surface area contributed by atoms with Crippen molar-refractivity contribution < 1.29 is 0 Å². The molecule has 1 heterocycles. The summed E-state index contributed by atoms with van der Waals surface area (Å²) in [4.78, 5) is 6.43. The van der Waals surface area contributed by atoms with Crippen LogP contribution in [0.4, 0.5) is 0 Å². The van der Waals surface area contributed by atoms with Gasteiger partial charge in [0.25, 0.3) is 0 Å². The van der Waals surface area contributed by atoms with E-state index in [4.69, 9.17) is 22.4 Å². The Labute approximate surface area is 91.3 Å². The fourth-order valence-electron chi connectivity index (χ4n) is 0.906. The molecular weight excluding hydrogens is 214 g/mol. The van der Waals surface area contributed by atoms with Crippen molar-refractivity contribution in [2.75, 3.05) is 6.54 Å². The van der Waals surface area contributed by atoms with Gasteiger partial charge in [-0.15, -0.1) is 0 Å².